The van der Waals surface area contributed by atoms with Crippen molar-refractivity contribution in [2.24, 2.45) is 10.4 Å². The molecule has 0 aromatic heterocycles. The minimum absolute atomic E-state index is 0.234. The average Bonchev–Trinajstić information content (AvgIpc) is 2.49. The van der Waals surface area contributed by atoms with Crippen molar-refractivity contribution in [2.45, 2.75) is 27.7 Å². The molecule has 2 aromatic carbocycles. The van der Waals surface area contributed by atoms with Crippen LogP contribution in [-0.2, 0) is 0 Å². The first-order valence-electron chi connectivity index (χ1n) is 6.57. The predicted octanol–water partition coefficient (Wildman–Crippen LogP) is 4.81. The lowest BCUT2D eigenvalue weighted by molar-refractivity contribution is 0.466. The molecule has 2 aromatic rings. The van der Waals surface area contributed by atoms with Crippen LogP contribution in [0.5, 0.6) is 11.5 Å². The minimum atomic E-state index is 0.234. The fourth-order valence-electron chi connectivity index (χ4n) is 1.97. The molecule has 0 saturated carbocycles. The van der Waals surface area contributed by atoms with Crippen LogP contribution in [0.25, 0.3) is 0 Å². The molecule has 0 radical (unpaired) electrons. The van der Waals surface area contributed by atoms with Crippen LogP contribution in [0.4, 0.5) is 11.4 Å². The third-order valence-electron chi connectivity index (χ3n) is 3.16. The lowest BCUT2D eigenvalue weighted by Crippen LogP contribution is -1.78. The molecule has 0 fully saturated rings. The Balaban J connectivity index is 0.000000220. The molecule has 2 N–H and O–H groups in total. The molecular weight excluding hydrogens is 284 g/mol. The van der Waals surface area contributed by atoms with Crippen molar-refractivity contribution >= 4 is 11.4 Å². The van der Waals surface area contributed by atoms with Crippen molar-refractivity contribution in [3.63, 3.8) is 0 Å². The zero-order chi connectivity index (χ0) is 16.9. The van der Waals surface area contributed by atoms with E-state index in [1.54, 1.807) is 52.0 Å². The number of hydrogen-bond acceptors (Lipinski definition) is 6. The number of nitrogens with zero attached hydrogens (tertiary/aromatic N) is 2. The van der Waals surface area contributed by atoms with Gasteiger partial charge in [0.05, 0.1) is 0 Å². The Labute approximate surface area is 128 Å². The Morgan fingerprint density at radius 2 is 0.864 bits per heavy atom. The van der Waals surface area contributed by atoms with Crippen LogP contribution in [-0.4, -0.2) is 10.2 Å². The summed E-state index contributed by atoms with van der Waals surface area (Å²) in [6.07, 6.45) is 0. The van der Waals surface area contributed by atoms with E-state index >= 15 is 0 Å². The summed E-state index contributed by atoms with van der Waals surface area (Å²) in [6.45, 7) is 6.93. The second-order valence-corrected chi connectivity index (χ2v) is 5.04. The maximum absolute atomic E-state index is 10.1. The van der Waals surface area contributed by atoms with Crippen molar-refractivity contribution in [2.75, 3.05) is 0 Å². The summed E-state index contributed by atoms with van der Waals surface area (Å²) in [6, 6.07) is 6.20. The van der Waals surface area contributed by atoms with Gasteiger partial charge in [0.1, 0.15) is 22.9 Å². The highest BCUT2D eigenvalue weighted by Crippen LogP contribution is 2.27. The van der Waals surface area contributed by atoms with Gasteiger partial charge in [-0.1, -0.05) is 0 Å². The Morgan fingerprint density at radius 1 is 0.636 bits per heavy atom. The van der Waals surface area contributed by atoms with Crippen LogP contribution in [0.1, 0.15) is 22.3 Å². The van der Waals surface area contributed by atoms with Crippen molar-refractivity contribution in [3.8, 4) is 11.5 Å². The molecule has 0 saturated heterocycles. The summed E-state index contributed by atoms with van der Waals surface area (Å²) in [7, 11) is 0. The van der Waals surface area contributed by atoms with E-state index < -0.39 is 0 Å². The maximum atomic E-state index is 10.1. The Hall–Kier alpha value is -2.76. The first-order chi connectivity index (χ1) is 10.3. The molecule has 0 unspecified atom stereocenters. The van der Waals surface area contributed by atoms with Gasteiger partial charge >= 0.3 is 0 Å². The van der Waals surface area contributed by atoms with Crippen LogP contribution in [0.3, 0.4) is 0 Å². The van der Waals surface area contributed by atoms with E-state index in [0.717, 1.165) is 0 Å². The zero-order valence-electron chi connectivity index (χ0n) is 12.9. The molecule has 116 valence electrons. The number of nitroso groups, excluding NO2 is 2. The Bertz CT molecular complexity index is 604. The molecule has 0 aliphatic carbocycles. The smallest absolute Gasteiger partial charge is 0.121 e. The molecule has 6 heteroatoms. The van der Waals surface area contributed by atoms with Gasteiger partial charge in [0.2, 0.25) is 0 Å². The van der Waals surface area contributed by atoms with Gasteiger partial charge in [-0.05, 0) is 84.6 Å². The fraction of sp³-hybridized carbons (Fsp3) is 0.250. The van der Waals surface area contributed by atoms with Gasteiger partial charge in [-0.15, -0.1) is 9.81 Å². The average molecular weight is 302 g/mol. The highest BCUT2D eigenvalue weighted by atomic mass is 16.3. The predicted molar refractivity (Wildman–Crippen MR) is 86.1 cm³/mol. The van der Waals surface area contributed by atoms with Gasteiger partial charge in [-0.3, -0.25) is 0 Å². The van der Waals surface area contributed by atoms with Crippen LogP contribution < -0.4 is 0 Å². The fourth-order valence-corrected chi connectivity index (χ4v) is 1.97. The monoisotopic (exact) mass is 302 g/mol. The summed E-state index contributed by atoms with van der Waals surface area (Å²) in [5, 5.41) is 24.1. The van der Waals surface area contributed by atoms with Gasteiger partial charge in [-0.2, -0.15) is 0 Å². The zero-order valence-corrected chi connectivity index (χ0v) is 12.9. The number of aryl methyl sites for hydroxylation is 4. The topological polar surface area (TPSA) is 99.3 Å². The molecule has 0 bridgehead atoms. The highest BCUT2D eigenvalue weighted by Gasteiger charge is 2.03. The van der Waals surface area contributed by atoms with Gasteiger partial charge in [0.25, 0.3) is 0 Å². The number of aromatic hydroxyl groups is 2. The van der Waals surface area contributed by atoms with Crippen LogP contribution in [0, 0.1) is 37.5 Å². The molecular formula is C16H18N2O4. The van der Waals surface area contributed by atoms with Crippen molar-refractivity contribution < 1.29 is 10.2 Å². The SMILES string of the molecule is Cc1cc(N=O)cc(C)c1O.Cc1cc(N=O)cc(C)c1O. The van der Waals surface area contributed by atoms with Crippen LogP contribution in [0.2, 0.25) is 0 Å². The van der Waals surface area contributed by atoms with Crippen LogP contribution >= 0.6 is 0 Å². The largest absolute Gasteiger partial charge is 0.507 e. The lowest BCUT2D eigenvalue weighted by Gasteiger charge is -2.01. The summed E-state index contributed by atoms with van der Waals surface area (Å²) in [5.41, 5.74) is 3.44. The molecule has 0 heterocycles. The molecule has 0 spiro atoms. The van der Waals surface area contributed by atoms with E-state index in [4.69, 9.17) is 0 Å². The maximum Gasteiger partial charge on any atom is 0.121 e. The second-order valence-electron chi connectivity index (χ2n) is 5.04. The quantitative estimate of drug-likeness (QED) is 0.777. The lowest BCUT2D eigenvalue weighted by atomic mass is 10.1. The minimum Gasteiger partial charge on any atom is -0.507 e. The summed E-state index contributed by atoms with van der Waals surface area (Å²) < 4.78 is 0. The number of hydrogen-bond donors (Lipinski definition) is 2. The standard InChI is InChI=1S/2C8H9NO2/c2*1-5-3-7(9-11)4-6(2)8(5)10/h2*3-4,10H,1-2H3. The molecule has 0 aliphatic rings. The van der Waals surface area contributed by atoms with Gasteiger partial charge in [0.15, 0.2) is 0 Å². The summed E-state index contributed by atoms with van der Waals surface area (Å²) in [4.78, 5) is 20.2. The van der Waals surface area contributed by atoms with E-state index in [-0.39, 0.29) is 11.5 Å². The van der Waals surface area contributed by atoms with E-state index in [1.165, 1.54) is 0 Å². The van der Waals surface area contributed by atoms with Crippen LogP contribution in [0.15, 0.2) is 34.6 Å². The van der Waals surface area contributed by atoms with Crippen molar-refractivity contribution in [1.29, 1.82) is 0 Å². The Kier molecular flexibility index (Phi) is 5.74. The summed E-state index contributed by atoms with van der Waals surface area (Å²) >= 11 is 0. The first kappa shape index (κ1) is 17.3. The number of phenols is 2. The molecule has 2 rings (SSSR count). The van der Waals surface area contributed by atoms with Gasteiger partial charge < -0.3 is 10.2 Å². The van der Waals surface area contributed by atoms with E-state index in [2.05, 4.69) is 10.4 Å². The molecule has 22 heavy (non-hydrogen) atoms. The third-order valence-corrected chi connectivity index (χ3v) is 3.16. The Morgan fingerprint density at radius 3 is 1.05 bits per heavy atom. The van der Waals surface area contributed by atoms with E-state index in [0.29, 0.717) is 33.6 Å². The summed E-state index contributed by atoms with van der Waals surface area (Å²) in [5.74, 6) is 0.467. The van der Waals surface area contributed by atoms with E-state index in [9.17, 15) is 20.0 Å². The first-order valence-corrected chi connectivity index (χ1v) is 6.57. The number of phenolic OH excluding ortho intramolecular Hbond substituents is 2. The molecule has 0 atom stereocenters. The molecule has 0 aliphatic heterocycles. The normalized spacial score (nSPS) is 9.64. The van der Waals surface area contributed by atoms with Gasteiger partial charge in [-0.25, -0.2) is 0 Å². The van der Waals surface area contributed by atoms with Gasteiger partial charge in [0, 0.05) is 0 Å². The number of benzene rings is 2. The van der Waals surface area contributed by atoms with Crippen molar-refractivity contribution in [3.05, 3.63) is 56.3 Å². The highest BCUT2D eigenvalue weighted by molar-refractivity contribution is 5.51. The number of rotatable bonds is 2. The van der Waals surface area contributed by atoms with Crippen molar-refractivity contribution in [1.82, 2.24) is 0 Å². The third kappa shape index (κ3) is 4.12. The van der Waals surface area contributed by atoms with E-state index in [1.807, 2.05) is 0 Å². The molecule has 0 amide bonds. The molecule has 6 nitrogen and oxygen atoms in total. The second kappa shape index (κ2) is 7.31.